The zero-order valence-corrected chi connectivity index (χ0v) is 23.4. The Morgan fingerprint density at radius 1 is 0.865 bits per heavy atom. The van der Waals surface area contributed by atoms with Crippen LogP contribution < -0.4 is 15.2 Å². The maximum Gasteiger partial charge on any atom is 0.323 e. The minimum atomic E-state index is -1.01. The van der Waals surface area contributed by atoms with Gasteiger partial charge in [0, 0.05) is 0 Å². The molecular formula is C28H43NO8. The van der Waals surface area contributed by atoms with Crippen molar-refractivity contribution in [2.45, 2.75) is 93.2 Å². The zero-order chi connectivity index (χ0) is 28.3. The van der Waals surface area contributed by atoms with Crippen LogP contribution in [0.15, 0.2) is 18.2 Å². The van der Waals surface area contributed by atoms with E-state index in [1.807, 2.05) is 34.6 Å². The Hall–Kier alpha value is -2.94. The van der Waals surface area contributed by atoms with E-state index in [-0.39, 0.29) is 54.2 Å². The second-order valence-corrected chi connectivity index (χ2v) is 10.7. The van der Waals surface area contributed by atoms with Crippen LogP contribution in [-0.2, 0) is 35.1 Å². The molecule has 0 amide bonds. The average molecular weight is 522 g/mol. The van der Waals surface area contributed by atoms with Gasteiger partial charge in [-0.25, -0.2) is 0 Å². The van der Waals surface area contributed by atoms with Crippen LogP contribution in [0.4, 0.5) is 0 Å². The summed E-state index contributed by atoms with van der Waals surface area (Å²) in [7, 11) is 0. The molecule has 0 heterocycles. The SMILES string of the molecule is CCC(C)C(=O)Oc1ccc(C[C@H](N)C(=O)OC[C@H](C)OC(=O)CC(C)(C)C)cc1OC(=O)C(C)CC. The van der Waals surface area contributed by atoms with Gasteiger partial charge in [-0.1, -0.05) is 54.5 Å². The normalized spacial score (nSPS) is 14.6. The largest absolute Gasteiger partial charge is 0.461 e. The maximum absolute atomic E-state index is 12.4. The van der Waals surface area contributed by atoms with Crippen LogP contribution in [0.1, 0.15) is 80.2 Å². The molecule has 0 saturated carbocycles. The van der Waals surface area contributed by atoms with Crippen LogP contribution in [0.5, 0.6) is 11.5 Å². The number of carbonyl (C=O) groups is 4. The Labute approximate surface area is 220 Å². The molecular weight excluding hydrogens is 478 g/mol. The third kappa shape index (κ3) is 11.8. The highest BCUT2D eigenvalue weighted by molar-refractivity contribution is 5.79. The second kappa shape index (κ2) is 14.7. The monoisotopic (exact) mass is 521 g/mol. The standard InChI is InChI=1S/C28H43NO8/c1-9-17(3)25(31)36-22-12-11-20(14-23(22)37-26(32)18(4)10-2)13-21(29)27(33)34-16-19(5)35-24(30)15-28(6,7)8/h11-12,14,17-19,21H,9-10,13,15-16,29H2,1-8H3/t17?,18?,19-,21-/m0/s1. The highest BCUT2D eigenvalue weighted by atomic mass is 16.6. The number of carbonyl (C=O) groups excluding carboxylic acids is 4. The summed E-state index contributed by atoms with van der Waals surface area (Å²) in [5, 5.41) is 0. The predicted molar refractivity (Wildman–Crippen MR) is 139 cm³/mol. The summed E-state index contributed by atoms with van der Waals surface area (Å²) in [6.07, 6.45) is 0.907. The van der Waals surface area contributed by atoms with Gasteiger partial charge in [0.15, 0.2) is 11.5 Å². The van der Waals surface area contributed by atoms with Crippen molar-refractivity contribution in [2.75, 3.05) is 6.61 Å². The van der Waals surface area contributed by atoms with Crippen molar-refractivity contribution in [3.05, 3.63) is 23.8 Å². The van der Waals surface area contributed by atoms with Gasteiger partial charge in [0.25, 0.3) is 0 Å². The van der Waals surface area contributed by atoms with Crippen molar-refractivity contribution in [2.24, 2.45) is 23.0 Å². The molecule has 9 heteroatoms. The first-order valence-corrected chi connectivity index (χ1v) is 12.8. The van der Waals surface area contributed by atoms with Crippen LogP contribution >= 0.6 is 0 Å². The highest BCUT2D eigenvalue weighted by Gasteiger charge is 2.23. The van der Waals surface area contributed by atoms with Gasteiger partial charge < -0.3 is 24.7 Å². The van der Waals surface area contributed by atoms with E-state index in [4.69, 9.17) is 24.7 Å². The van der Waals surface area contributed by atoms with E-state index >= 15 is 0 Å². The highest BCUT2D eigenvalue weighted by Crippen LogP contribution is 2.31. The fourth-order valence-corrected chi connectivity index (χ4v) is 2.97. The molecule has 1 rings (SSSR count). The molecule has 0 fully saturated rings. The molecule has 1 aromatic carbocycles. The van der Waals surface area contributed by atoms with Crippen LogP contribution in [0, 0.1) is 17.3 Å². The molecule has 0 bridgehead atoms. The molecule has 0 spiro atoms. The molecule has 0 aromatic heterocycles. The number of hydrogen-bond acceptors (Lipinski definition) is 9. The molecule has 9 nitrogen and oxygen atoms in total. The number of ether oxygens (including phenoxy) is 4. The Morgan fingerprint density at radius 2 is 1.41 bits per heavy atom. The topological polar surface area (TPSA) is 131 Å². The first kappa shape index (κ1) is 32.1. The third-order valence-electron chi connectivity index (χ3n) is 5.68. The van der Waals surface area contributed by atoms with Crippen LogP contribution in [0.25, 0.3) is 0 Å². The van der Waals surface area contributed by atoms with E-state index in [0.717, 1.165) is 0 Å². The minimum Gasteiger partial charge on any atom is -0.461 e. The van der Waals surface area contributed by atoms with Gasteiger partial charge in [-0.05, 0) is 49.3 Å². The van der Waals surface area contributed by atoms with Crippen molar-refractivity contribution >= 4 is 23.9 Å². The molecule has 4 atom stereocenters. The molecule has 0 saturated heterocycles. The number of rotatable bonds is 13. The first-order valence-electron chi connectivity index (χ1n) is 12.8. The number of nitrogens with two attached hydrogens (primary N) is 1. The Balaban J connectivity index is 2.87. The van der Waals surface area contributed by atoms with Crippen molar-refractivity contribution in [1.29, 1.82) is 0 Å². The summed E-state index contributed by atoms with van der Waals surface area (Å²) in [4.78, 5) is 49.1. The summed E-state index contributed by atoms with van der Waals surface area (Å²) >= 11 is 0. The summed E-state index contributed by atoms with van der Waals surface area (Å²) in [6, 6.07) is 3.68. The molecule has 0 aliphatic carbocycles. The Morgan fingerprint density at radius 3 is 1.92 bits per heavy atom. The van der Waals surface area contributed by atoms with Gasteiger partial charge >= 0.3 is 23.9 Å². The molecule has 37 heavy (non-hydrogen) atoms. The lowest BCUT2D eigenvalue weighted by molar-refractivity contribution is -0.160. The minimum absolute atomic E-state index is 0.0828. The van der Waals surface area contributed by atoms with Crippen LogP contribution in [0.3, 0.4) is 0 Å². The van der Waals surface area contributed by atoms with E-state index in [9.17, 15) is 19.2 Å². The molecule has 0 radical (unpaired) electrons. The quantitative estimate of drug-likeness (QED) is 0.297. The van der Waals surface area contributed by atoms with Gasteiger partial charge in [-0.3, -0.25) is 19.2 Å². The fraction of sp³-hybridized carbons (Fsp3) is 0.643. The summed E-state index contributed by atoms with van der Waals surface area (Å²) in [6.45, 7) is 14.5. The van der Waals surface area contributed by atoms with Crippen molar-refractivity contribution < 1.29 is 38.1 Å². The van der Waals surface area contributed by atoms with Crippen LogP contribution in [0.2, 0.25) is 0 Å². The molecule has 1 aromatic rings. The van der Waals surface area contributed by atoms with Crippen molar-refractivity contribution in [1.82, 2.24) is 0 Å². The van der Waals surface area contributed by atoms with Crippen molar-refractivity contribution in [3.63, 3.8) is 0 Å². The van der Waals surface area contributed by atoms with Gasteiger partial charge in [0.05, 0.1) is 18.3 Å². The summed E-state index contributed by atoms with van der Waals surface area (Å²) in [5.74, 6) is -2.40. The van der Waals surface area contributed by atoms with Crippen molar-refractivity contribution in [3.8, 4) is 11.5 Å². The van der Waals surface area contributed by atoms with E-state index in [2.05, 4.69) is 0 Å². The summed E-state index contributed by atoms with van der Waals surface area (Å²) < 4.78 is 21.5. The maximum atomic E-state index is 12.4. The molecule has 2 unspecified atom stereocenters. The molecule has 0 aliphatic rings. The zero-order valence-electron chi connectivity index (χ0n) is 23.4. The average Bonchev–Trinajstić information content (AvgIpc) is 2.81. The Bertz CT molecular complexity index is 937. The van der Waals surface area contributed by atoms with E-state index < -0.39 is 30.1 Å². The smallest absolute Gasteiger partial charge is 0.323 e. The lowest BCUT2D eigenvalue weighted by atomic mass is 9.92. The lowest BCUT2D eigenvalue weighted by Crippen LogP contribution is -2.36. The van der Waals surface area contributed by atoms with Gasteiger partial charge in [-0.2, -0.15) is 0 Å². The number of hydrogen-bond donors (Lipinski definition) is 1. The first-order chi connectivity index (χ1) is 17.2. The van der Waals surface area contributed by atoms with Gasteiger partial charge in [0.1, 0.15) is 18.8 Å². The lowest BCUT2D eigenvalue weighted by Gasteiger charge is -2.20. The van der Waals surface area contributed by atoms with E-state index in [1.54, 1.807) is 26.8 Å². The summed E-state index contributed by atoms with van der Waals surface area (Å²) in [5.41, 5.74) is 6.42. The van der Waals surface area contributed by atoms with Gasteiger partial charge in [-0.15, -0.1) is 0 Å². The van der Waals surface area contributed by atoms with E-state index in [1.165, 1.54) is 12.1 Å². The molecule has 208 valence electrons. The molecule has 0 aliphatic heterocycles. The number of esters is 4. The van der Waals surface area contributed by atoms with Gasteiger partial charge in [0.2, 0.25) is 0 Å². The third-order valence-corrected chi connectivity index (χ3v) is 5.68. The second-order valence-electron chi connectivity index (χ2n) is 10.7. The predicted octanol–water partition coefficient (Wildman–Crippen LogP) is 4.37. The fourth-order valence-electron chi connectivity index (χ4n) is 2.97. The molecule has 2 N–H and O–H groups in total. The number of benzene rings is 1. The van der Waals surface area contributed by atoms with Crippen LogP contribution in [-0.4, -0.2) is 42.6 Å². The Kier molecular flexibility index (Phi) is 12.8. The van der Waals surface area contributed by atoms with E-state index in [0.29, 0.717) is 18.4 Å².